The van der Waals surface area contributed by atoms with E-state index >= 15 is 0 Å². The molecular weight excluding hydrogens is 575 g/mol. The molecule has 46 heavy (non-hydrogen) atoms. The first-order chi connectivity index (χ1) is 22.8. The summed E-state index contributed by atoms with van der Waals surface area (Å²) in [6.07, 6.45) is 3.44. The average molecular weight is 604 g/mol. The van der Waals surface area contributed by atoms with Gasteiger partial charge in [-0.2, -0.15) is 5.26 Å². The van der Waals surface area contributed by atoms with Gasteiger partial charge in [-0.15, -0.1) is 0 Å². The largest absolute Gasteiger partial charge is 0.310 e. The Morgan fingerprint density at radius 3 is 1.63 bits per heavy atom. The highest BCUT2D eigenvalue weighted by molar-refractivity contribution is 7.21. The fourth-order valence-electron chi connectivity index (χ4n) is 7.16. The van der Waals surface area contributed by atoms with Crippen LogP contribution in [-0.4, -0.2) is 13.1 Å². The molecule has 216 valence electrons. The Balaban J connectivity index is 1.39. The van der Waals surface area contributed by atoms with Crippen molar-refractivity contribution in [3.63, 3.8) is 0 Å². The smallest absolute Gasteiger partial charge is 0.184 e. The molecule has 4 heteroatoms. The van der Waals surface area contributed by atoms with Gasteiger partial charge in [0, 0.05) is 34.9 Å². The van der Waals surface area contributed by atoms with E-state index in [1.54, 1.807) is 18.5 Å². The number of nitriles is 1. The Morgan fingerprint density at radius 2 is 1.02 bits per heavy atom. The highest BCUT2D eigenvalue weighted by atomic mass is 28.3. The summed E-state index contributed by atoms with van der Waals surface area (Å²) in [5, 5.41) is 15.3. The van der Waals surface area contributed by atoms with Gasteiger partial charge < -0.3 is 4.90 Å². The topological polar surface area (TPSA) is 39.9 Å². The van der Waals surface area contributed by atoms with Crippen LogP contribution in [0.5, 0.6) is 0 Å². The normalized spacial score (nSPS) is 12.9. The molecule has 1 aliphatic rings. The predicted octanol–water partition coefficient (Wildman–Crippen LogP) is 7.45. The van der Waals surface area contributed by atoms with Crippen molar-refractivity contribution in [1.29, 1.82) is 5.26 Å². The lowest BCUT2D eigenvalue weighted by Gasteiger charge is -2.45. The maximum atomic E-state index is 9.79. The number of hydrogen-bond acceptors (Lipinski definition) is 3. The van der Waals surface area contributed by atoms with E-state index in [4.69, 9.17) is 0 Å². The van der Waals surface area contributed by atoms with Gasteiger partial charge in [0.2, 0.25) is 0 Å². The van der Waals surface area contributed by atoms with Crippen LogP contribution >= 0.6 is 0 Å². The molecule has 0 bridgehead atoms. The van der Waals surface area contributed by atoms with E-state index in [0.29, 0.717) is 5.56 Å². The van der Waals surface area contributed by atoms with Crippen molar-refractivity contribution in [2.45, 2.75) is 0 Å². The SMILES string of the molecule is N#Cc1ccncc1-c1cccc(-c2ccccc2N2c3ccccc3[Si](c3ccccc3)(c3ccccc3)c3ccccc32)c1. The maximum absolute atomic E-state index is 9.79. The average Bonchev–Trinajstić information content (AvgIpc) is 3.14. The van der Waals surface area contributed by atoms with Gasteiger partial charge in [0.25, 0.3) is 0 Å². The minimum absolute atomic E-state index is 0.613. The summed E-state index contributed by atoms with van der Waals surface area (Å²) in [4.78, 5) is 6.77. The zero-order chi connectivity index (χ0) is 30.9. The molecule has 0 spiro atoms. The minimum atomic E-state index is -2.69. The monoisotopic (exact) mass is 603 g/mol. The lowest BCUT2D eigenvalue weighted by atomic mass is 9.96. The van der Waals surface area contributed by atoms with Crippen molar-refractivity contribution in [1.82, 2.24) is 4.98 Å². The second-order valence-electron chi connectivity index (χ2n) is 11.5. The minimum Gasteiger partial charge on any atom is -0.310 e. The van der Waals surface area contributed by atoms with E-state index in [0.717, 1.165) is 27.9 Å². The van der Waals surface area contributed by atoms with E-state index in [-0.39, 0.29) is 0 Å². The Bertz CT molecular complexity index is 2150. The molecule has 3 nitrogen and oxygen atoms in total. The van der Waals surface area contributed by atoms with Gasteiger partial charge in [0.15, 0.2) is 8.07 Å². The second kappa shape index (κ2) is 11.5. The highest BCUT2D eigenvalue weighted by Gasteiger charge is 2.48. The summed E-state index contributed by atoms with van der Waals surface area (Å²) < 4.78 is 0. The van der Waals surface area contributed by atoms with Gasteiger partial charge in [0.1, 0.15) is 0 Å². The molecule has 0 saturated heterocycles. The molecule has 0 fully saturated rings. The molecule has 1 aliphatic heterocycles. The number of para-hydroxylation sites is 3. The van der Waals surface area contributed by atoms with Crippen molar-refractivity contribution < 1.29 is 0 Å². The standard InChI is InChI=1S/C42H29N3Si/c43-29-33-26-27-44-30-37(33)32-15-13-14-31(28-32)36-20-7-8-21-38(36)45-39-22-9-11-24-41(39)46(34-16-3-1-4-17-34,35-18-5-2-6-19-35)42-25-12-10-23-40(42)45/h1-28,30H. The third-order valence-corrected chi connectivity index (χ3v) is 13.9. The zero-order valence-corrected chi connectivity index (χ0v) is 26.1. The zero-order valence-electron chi connectivity index (χ0n) is 25.1. The molecule has 0 aliphatic carbocycles. The van der Waals surface area contributed by atoms with Gasteiger partial charge in [0.05, 0.1) is 17.3 Å². The molecule has 0 amide bonds. The van der Waals surface area contributed by atoms with Crippen LogP contribution in [0.2, 0.25) is 0 Å². The molecule has 0 unspecified atom stereocenters. The molecule has 8 rings (SSSR count). The van der Waals surface area contributed by atoms with Gasteiger partial charge in [-0.05, 0) is 62.2 Å². The summed E-state index contributed by atoms with van der Waals surface area (Å²) in [6.45, 7) is 0. The van der Waals surface area contributed by atoms with Crippen molar-refractivity contribution in [3.8, 4) is 28.3 Å². The summed E-state index contributed by atoms with van der Waals surface area (Å²) >= 11 is 0. The van der Waals surface area contributed by atoms with Crippen LogP contribution in [0.25, 0.3) is 22.3 Å². The van der Waals surface area contributed by atoms with Crippen molar-refractivity contribution in [2.24, 2.45) is 0 Å². The van der Waals surface area contributed by atoms with E-state index in [1.807, 2.05) is 0 Å². The number of hydrogen-bond donors (Lipinski definition) is 0. The van der Waals surface area contributed by atoms with Gasteiger partial charge in [-0.1, -0.05) is 133 Å². The third kappa shape index (κ3) is 4.29. The summed E-state index contributed by atoms with van der Waals surface area (Å²) in [6, 6.07) is 61.3. The molecular formula is C42H29N3Si. The van der Waals surface area contributed by atoms with E-state index < -0.39 is 8.07 Å². The first-order valence-corrected chi connectivity index (χ1v) is 17.4. The fraction of sp³-hybridized carbons (Fsp3) is 0. The molecule has 0 N–H and O–H groups in total. The highest BCUT2D eigenvalue weighted by Crippen LogP contribution is 2.43. The van der Waals surface area contributed by atoms with Gasteiger partial charge in [-0.25, -0.2) is 0 Å². The number of pyridine rings is 1. The van der Waals surface area contributed by atoms with Crippen LogP contribution < -0.4 is 25.6 Å². The van der Waals surface area contributed by atoms with Gasteiger partial charge in [-0.3, -0.25) is 4.98 Å². The van der Waals surface area contributed by atoms with Crippen molar-refractivity contribution >= 4 is 45.9 Å². The molecule has 7 aromatic rings. The molecule has 2 heterocycles. The summed E-state index contributed by atoms with van der Waals surface area (Å²) in [5.74, 6) is 0. The lowest BCUT2D eigenvalue weighted by Crippen LogP contribution is -2.77. The maximum Gasteiger partial charge on any atom is 0.184 e. The first-order valence-electron chi connectivity index (χ1n) is 15.4. The molecule has 0 atom stereocenters. The van der Waals surface area contributed by atoms with E-state index in [1.165, 1.54) is 32.1 Å². The molecule has 6 aromatic carbocycles. The van der Waals surface area contributed by atoms with Crippen LogP contribution in [0.15, 0.2) is 176 Å². The second-order valence-corrected chi connectivity index (χ2v) is 15.2. The number of nitrogens with zero attached hydrogens (tertiary/aromatic N) is 3. The van der Waals surface area contributed by atoms with Crippen LogP contribution in [0, 0.1) is 11.3 Å². The lowest BCUT2D eigenvalue weighted by molar-refractivity contribution is 1.29. The third-order valence-electron chi connectivity index (χ3n) is 9.08. The van der Waals surface area contributed by atoms with Crippen LogP contribution in [0.1, 0.15) is 5.56 Å². The first kappa shape index (κ1) is 27.5. The molecule has 1 aromatic heterocycles. The number of rotatable bonds is 5. The molecule has 0 radical (unpaired) electrons. The van der Waals surface area contributed by atoms with E-state index in [2.05, 4.69) is 174 Å². The van der Waals surface area contributed by atoms with Crippen LogP contribution in [0.3, 0.4) is 0 Å². The number of anilines is 3. The molecule has 0 saturated carbocycles. The van der Waals surface area contributed by atoms with Crippen LogP contribution in [-0.2, 0) is 0 Å². The Morgan fingerprint density at radius 1 is 0.500 bits per heavy atom. The number of fused-ring (bicyclic) bond motifs is 2. The Kier molecular flexibility index (Phi) is 6.87. The summed E-state index contributed by atoms with van der Waals surface area (Å²) in [7, 11) is -2.69. The quantitative estimate of drug-likeness (QED) is 0.192. The Labute approximate surface area is 270 Å². The fourth-order valence-corrected chi connectivity index (χ4v) is 12.3. The van der Waals surface area contributed by atoms with Crippen molar-refractivity contribution in [3.05, 3.63) is 182 Å². The Hall–Kier alpha value is -6.02. The summed E-state index contributed by atoms with van der Waals surface area (Å²) in [5.41, 5.74) is 8.11. The predicted molar refractivity (Wildman–Crippen MR) is 192 cm³/mol. The van der Waals surface area contributed by atoms with Crippen LogP contribution in [0.4, 0.5) is 17.1 Å². The number of benzene rings is 6. The van der Waals surface area contributed by atoms with Crippen molar-refractivity contribution in [2.75, 3.05) is 4.90 Å². The number of aromatic nitrogens is 1. The van der Waals surface area contributed by atoms with E-state index in [9.17, 15) is 5.26 Å². The van der Waals surface area contributed by atoms with Gasteiger partial charge >= 0.3 is 0 Å².